The fourth-order valence-corrected chi connectivity index (χ4v) is 3.26. The number of tetrazole rings is 1. The van der Waals surface area contributed by atoms with Gasteiger partial charge in [-0.1, -0.05) is 5.21 Å². The minimum absolute atomic E-state index is 0.131. The predicted octanol–water partition coefficient (Wildman–Crippen LogP) is 0.944. The molecule has 2 aromatic heterocycles. The summed E-state index contributed by atoms with van der Waals surface area (Å²) < 4.78 is 0. The van der Waals surface area contributed by atoms with Gasteiger partial charge >= 0.3 is 5.97 Å². The van der Waals surface area contributed by atoms with Crippen LogP contribution in [0.4, 0.5) is 5.13 Å². The van der Waals surface area contributed by atoms with Crippen LogP contribution in [0.2, 0.25) is 0 Å². The number of rotatable bonds is 4. The Bertz CT molecular complexity index is 595. The zero-order chi connectivity index (χ0) is 13.4. The number of nitrogens with zero attached hydrogens (tertiary/aromatic N) is 4. The van der Waals surface area contributed by atoms with E-state index in [4.69, 9.17) is 5.11 Å². The highest BCUT2D eigenvalue weighted by atomic mass is 32.1. The predicted molar refractivity (Wildman–Crippen MR) is 67.0 cm³/mol. The lowest BCUT2D eigenvalue weighted by atomic mass is 10.1. The highest BCUT2D eigenvalue weighted by molar-refractivity contribution is 7.15. The first-order valence-electron chi connectivity index (χ1n) is 5.87. The van der Waals surface area contributed by atoms with Gasteiger partial charge in [0.05, 0.1) is 11.7 Å². The molecule has 0 amide bonds. The highest BCUT2D eigenvalue weighted by Crippen LogP contribution is 2.38. The molecule has 0 saturated heterocycles. The van der Waals surface area contributed by atoms with Crippen molar-refractivity contribution < 1.29 is 9.90 Å². The van der Waals surface area contributed by atoms with Gasteiger partial charge in [-0.2, -0.15) is 5.21 Å². The third-order valence-electron chi connectivity index (χ3n) is 3.10. The van der Waals surface area contributed by atoms with Crippen LogP contribution in [0.25, 0.3) is 0 Å². The monoisotopic (exact) mass is 280 g/mol. The summed E-state index contributed by atoms with van der Waals surface area (Å²) in [7, 11) is 0. The molecule has 2 heterocycles. The molecule has 2 unspecified atom stereocenters. The van der Waals surface area contributed by atoms with E-state index in [1.54, 1.807) is 0 Å². The molecule has 9 heteroatoms. The van der Waals surface area contributed by atoms with Gasteiger partial charge in [0.1, 0.15) is 5.92 Å². The second-order valence-electron chi connectivity index (χ2n) is 4.39. The number of carboxylic acid groups (broad SMARTS) is 1. The number of aryl methyl sites for hydroxylation is 1. The zero-order valence-electron chi connectivity index (χ0n) is 10.1. The van der Waals surface area contributed by atoms with Crippen LogP contribution in [0, 0.1) is 0 Å². The Morgan fingerprint density at radius 1 is 1.63 bits per heavy atom. The number of hydrogen-bond acceptors (Lipinski definition) is 7. The Morgan fingerprint density at radius 2 is 2.47 bits per heavy atom. The van der Waals surface area contributed by atoms with Gasteiger partial charge in [0.25, 0.3) is 0 Å². The summed E-state index contributed by atoms with van der Waals surface area (Å²) in [5.41, 5.74) is 0.695. The third-order valence-corrected chi connectivity index (χ3v) is 4.17. The van der Waals surface area contributed by atoms with Crippen molar-refractivity contribution in [1.82, 2.24) is 25.6 Å². The van der Waals surface area contributed by atoms with Gasteiger partial charge in [0.2, 0.25) is 0 Å². The molecule has 3 N–H and O–H groups in total. The quantitative estimate of drug-likeness (QED) is 0.763. The molecule has 1 aliphatic rings. The van der Waals surface area contributed by atoms with E-state index in [2.05, 4.69) is 30.9 Å². The number of anilines is 1. The molecule has 100 valence electrons. The van der Waals surface area contributed by atoms with Gasteiger partial charge in [-0.05, 0) is 19.8 Å². The second kappa shape index (κ2) is 4.57. The Hall–Kier alpha value is -2.03. The molecule has 0 fully saturated rings. The van der Waals surface area contributed by atoms with Crippen LogP contribution >= 0.6 is 11.3 Å². The minimum atomic E-state index is -0.804. The average molecular weight is 280 g/mol. The summed E-state index contributed by atoms with van der Waals surface area (Å²) in [5.74, 6) is -0.728. The molecule has 8 nitrogen and oxygen atoms in total. The van der Waals surface area contributed by atoms with Crippen molar-refractivity contribution in [1.29, 1.82) is 0 Å². The third kappa shape index (κ3) is 2.16. The first-order valence-corrected chi connectivity index (χ1v) is 6.69. The van der Waals surface area contributed by atoms with E-state index in [1.165, 1.54) is 11.3 Å². The van der Waals surface area contributed by atoms with Crippen LogP contribution in [0.1, 0.15) is 41.7 Å². The van der Waals surface area contributed by atoms with E-state index in [9.17, 15) is 4.79 Å². The lowest BCUT2D eigenvalue weighted by Crippen LogP contribution is -2.11. The van der Waals surface area contributed by atoms with Crippen LogP contribution in [-0.2, 0) is 11.2 Å². The highest BCUT2D eigenvalue weighted by Gasteiger charge is 2.32. The molecule has 1 aliphatic carbocycles. The molecule has 0 aromatic carbocycles. The van der Waals surface area contributed by atoms with Crippen LogP contribution in [-0.4, -0.2) is 36.7 Å². The van der Waals surface area contributed by atoms with E-state index in [0.717, 1.165) is 11.3 Å². The molecule has 2 atom stereocenters. The lowest BCUT2D eigenvalue weighted by Gasteiger charge is -2.08. The van der Waals surface area contributed by atoms with E-state index in [-0.39, 0.29) is 6.04 Å². The van der Waals surface area contributed by atoms with Gasteiger partial charge in [-0.3, -0.25) is 4.79 Å². The van der Waals surface area contributed by atoms with E-state index >= 15 is 0 Å². The van der Waals surface area contributed by atoms with Gasteiger partial charge in [0.15, 0.2) is 11.0 Å². The van der Waals surface area contributed by atoms with Crippen LogP contribution in [0.5, 0.6) is 0 Å². The minimum Gasteiger partial charge on any atom is -0.481 e. The molecule has 2 aromatic rings. The van der Waals surface area contributed by atoms with Crippen molar-refractivity contribution in [3.63, 3.8) is 0 Å². The number of aromatic amines is 1. The van der Waals surface area contributed by atoms with Crippen molar-refractivity contribution in [3.8, 4) is 0 Å². The summed E-state index contributed by atoms with van der Waals surface area (Å²) in [5, 5.41) is 26.7. The SMILES string of the molecule is CC(Nc1nc2c(s1)CCC2C(=O)O)c1nn[nH]n1. The van der Waals surface area contributed by atoms with Crippen molar-refractivity contribution >= 4 is 22.4 Å². The molecular weight excluding hydrogens is 268 g/mol. The zero-order valence-corrected chi connectivity index (χ0v) is 10.9. The second-order valence-corrected chi connectivity index (χ2v) is 5.48. The number of hydrogen-bond donors (Lipinski definition) is 3. The van der Waals surface area contributed by atoms with Crippen LogP contribution in [0.3, 0.4) is 0 Å². The number of thiazole rings is 1. The molecule has 0 spiro atoms. The molecule has 3 rings (SSSR count). The standard InChI is InChI=1S/C10H12N6O2S/c1-4(8-13-15-16-14-8)11-10-12-7-5(9(17)18)2-3-6(7)19-10/h4-5H,2-3H2,1H3,(H,11,12)(H,17,18)(H,13,14,15,16). The maximum Gasteiger partial charge on any atom is 0.312 e. The Kier molecular flexibility index (Phi) is 2.90. The molecule has 0 aliphatic heterocycles. The Morgan fingerprint density at radius 3 is 3.16 bits per heavy atom. The van der Waals surface area contributed by atoms with Crippen molar-refractivity contribution in [2.24, 2.45) is 0 Å². The average Bonchev–Trinajstić information content (AvgIpc) is 3.03. The van der Waals surface area contributed by atoms with Gasteiger partial charge in [-0.15, -0.1) is 21.5 Å². The Balaban J connectivity index is 1.77. The van der Waals surface area contributed by atoms with E-state index in [1.807, 2.05) is 6.92 Å². The van der Waals surface area contributed by atoms with Gasteiger partial charge in [0, 0.05) is 4.88 Å². The van der Waals surface area contributed by atoms with Crippen molar-refractivity contribution in [3.05, 3.63) is 16.4 Å². The van der Waals surface area contributed by atoms with Crippen molar-refractivity contribution in [2.75, 3.05) is 5.32 Å². The molecule has 19 heavy (non-hydrogen) atoms. The summed E-state index contributed by atoms with van der Waals surface area (Å²) >= 11 is 1.50. The van der Waals surface area contributed by atoms with Crippen LogP contribution in [0.15, 0.2) is 0 Å². The van der Waals surface area contributed by atoms with E-state index in [0.29, 0.717) is 23.1 Å². The maximum absolute atomic E-state index is 11.1. The van der Waals surface area contributed by atoms with Gasteiger partial charge in [-0.25, -0.2) is 4.98 Å². The number of carbonyl (C=O) groups is 1. The number of aliphatic carboxylic acids is 1. The van der Waals surface area contributed by atoms with Crippen molar-refractivity contribution in [2.45, 2.75) is 31.7 Å². The van der Waals surface area contributed by atoms with Gasteiger partial charge < -0.3 is 10.4 Å². The summed E-state index contributed by atoms with van der Waals surface area (Å²) in [6.45, 7) is 1.89. The van der Waals surface area contributed by atoms with Crippen LogP contribution < -0.4 is 5.32 Å². The number of H-pyrrole nitrogens is 1. The smallest absolute Gasteiger partial charge is 0.312 e. The number of aromatic nitrogens is 5. The van der Waals surface area contributed by atoms with E-state index < -0.39 is 11.9 Å². The first-order chi connectivity index (χ1) is 9.15. The number of carboxylic acids is 1. The number of nitrogens with one attached hydrogen (secondary N) is 2. The normalized spacial score (nSPS) is 19.1. The molecule has 0 radical (unpaired) electrons. The summed E-state index contributed by atoms with van der Waals surface area (Å²) in [6.07, 6.45) is 1.42. The topological polar surface area (TPSA) is 117 Å². The molecule has 0 saturated carbocycles. The Labute approximate surface area is 112 Å². The number of fused-ring (bicyclic) bond motifs is 1. The summed E-state index contributed by atoms with van der Waals surface area (Å²) in [6, 6.07) is -0.131. The maximum atomic E-state index is 11.1. The molecule has 0 bridgehead atoms. The largest absolute Gasteiger partial charge is 0.481 e. The fraction of sp³-hybridized carbons (Fsp3) is 0.500. The molecular formula is C10H12N6O2S. The fourth-order valence-electron chi connectivity index (χ4n) is 2.13. The first kappa shape index (κ1) is 12.0. The summed E-state index contributed by atoms with van der Waals surface area (Å²) in [4.78, 5) is 16.5. The lowest BCUT2D eigenvalue weighted by molar-refractivity contribution is -0.138.